The second-order valence-electron chi connectivity index (χ2n) is 4.12. The van der Waals surface area contributed by atoms with Crippen molar-refractivity contribution in [2.75, 3.05) is 13.4 Å². The first-order valence-corrected chi connectivity index (χ1v) is 4.64. The highest BCUT2D eigenvalue weighted by molar-refractivity contribution is 4.98. The molecule has 0 aromatic carbocycles. The van der Waals surface area contributed by atoms with Crippen LogP contribution in [0, 0.1) is 17.8 Å². The maximum atomic E-state index is 5.61. The van der Waals surface area contributed by atoms with E-state index in [1.165, 1.54) is 19.3 Å². The largest absolute Gasteiger partial charge is 0.355 e. The Bertz CT molecular complexity index is 151. The van der Waals surface area contributed by atoms with Crippen LogP contribution in [0.5, 0.6) is 0 Å². The number of rotatable bonds is 0. The zero-order chi connectivity index (χ0) is 7.26. The molecule has 3 fully saturated rings. The average molecular weight is 154 g/mol. The van der Waals surface area contributed by atoms with Gasteiger partial charge in [0.05, 0.1) is 12.7 Å². The Morgan fingerprint density at radius 1 is 1.09 bits per heavy atom. The molecule has 2 aliphatic carbocycles. The molecule has 62 valence electrons. The Kier molecular flexibility index (Phi) is 1.29. The topological polar surface area (TPSA) is 18.5 Å². The van der Waals surface area contributed by atoms with E-state index < -0.39 is 0 Å². The third kappa shape index (κ3) is 0.798. The van der Waals surface area contributed by atoms with Crippen molar-refractivity contribution in [3.8, 4) is 0 Å². The molecule has 2 heteroatoms. The van der Waals surface area contributed by atoms with Gasteiger partial charge >= 0.3 is 0 Å². The number of fused-ring (bicyclic) bond motifs is 5. The highest BCUT2D eigenvalue weighted by Crippen LogP contribution is 2.50. The van der Waals surface area contributed by atoms with Crippen LogP contribution in [-0.4, -0.2) is 19.5 Å². The molecule has 0 amide bonds. The highest BCUT2D eigenvalue weighted by Gasteiger charge is 2.49. The molecule has 0 unspecified atom stereocenters. The number of hydrogen-bond donors (Lipinski definition) is 0. The van der Waals surface area contributed by atoms with Crippen LogP contribution in [0.1, 0.15) is 19.3 Å². The van der Waals surface area contributed by atoms with Gasteiger partial charge in [-0.15, -0.1) is 0 Å². The van der Waals surface area contributed by atoms with Crippen LogP contribution in [0.15, 0.2) is 0 Å². The normalized spacial score (nSPS) is 54.5. The van der Waals surface area contributed by atoms with Crippen molar-refractivity contribution in [2.45, 2.75) is 25.4 Å². The maximum Gasteiger partial charge on any atom is 0.147 e. The quantitative estimate of drug-likeness (QED) is 0.525. The zero-order valence-electron chi connectivity index (χ0n) is 6.66. The molecule has 0 aromatic heterocycles. The van der Waals surface area contributed by atoms with Gasteiger partial charge in [0.15, 0.2) is 0 Å². The van der Waals surface area contributed by atoms with Crippen molar-refractivity contribution >= 4 is 0 Å². The Morgan fingerprint density at radius 2 is 2.00 bits per heavy atom. The van der Waals surface area contributed by atoms with Gasteiger partial charge in [0.2, 0.25) is 0 Å². The van der Waals surface area contributed by atoms with Gasteiger partial charge in [-0.3, -0.25) is 0 Å². The van der Waals surface area contributed by atoms with Crippen molar-refractivity contribution < 1.29 is 9.47 Å². The summed E-state index contributed by atoms with van der Waals surface area (Å²) in [6.07, 6.45) is 4.82. The fourth-order valence-electron chi connectivity index (χ4n) is 3.16. The van der Waals surface area contributed by atoms with E-state index in [1.807, 2.05) is 0 Å². The number of hydrogen-bond acceptors (Lipinski definition) is 2. The van der Waals surface area contributed by atoms with Gasteiger partial charge in [0, 0.05) is 5.92 Å². The fourth-order valence-corrected chi connectivity index (χ4v) is 3.16. The average Bonchev–Trinajstić information content (AvgIpc) is 2.64. The highest BCUT2D eigenvalue weighted by atomic mass is 16.7. The molecule has 0 aromatic rings. The van der Waals surface area contributed by atoms with E-state index in [4.69, 9.17) is 9.47 Å². The summed E-state index contributed by atoms with van der Waals surface area (Å²) in [7, 11) is 0. The van der Waals surface area contributed by atoms with E-state index in [1.54, 1.807) is 0 Å². The molecule has 3 rings (SSSR count). The summed E-state index contributed by atoms with van der Waals surface area (Å²) in [4.78, 5) is 0. The zero-order valence-corrected chi connectivity index (χ0v) is 6.66. The first-order valence-electron chi connectivity index (χ1n) is 4.64. The van der Waals surface area contributed by atoms with Gasteiger partial charge in [-0.2, -0.15) is 0 Å². The van der Waals surface area contributed by atoms with Crippen LogP contribution in [0.2, 0.25) is 0 Å². The molecule has 1 saturated heterocycles. The monoisotopic (exact) mass is 154 g/mol. The first kappa shape index (κ1) is 6.44. The van der Waals surface area contributed by atoms with Crippen molar-refractivity contribution in [1.82, 2.24) is 0 Å². The van der Waals surface area contributed by atoms with E-state index in [0.717, 1.165) is 24.4 Å². The molecule has 3 aliphatic rings. The lowest BCUT2D eigenvalue weighted by Crippen LogP contribution is -2.38. The Hall–Kier alpha value is -0.0800. The Balaban J connectivity index is 1.84. The summed E-state index contributed by atoms with van der Waals surface area (Å²) >= 11 is 0. The van der Waals surface area contributed by atoms with Crippen molar-refractivity contribution in [3.05, 3.63) is 0 Å². The standard InChI is InChI=1S/C9H14O2/c1-2-7-3-6(1)8-4-10-5-11-9(7)8/h6-9H,1-5H2/t6-,7+,8-,9+/m1/s1. The minimum atomic E-state index is 0.546. The van der Waals surface area contributed by atoms with Crippen LogP contribution in [0.3, 0.4) is 0 Å². The van der Waals surface area contributed by atoms with E-state index in [0.29, 0.717) is 12.9 Å². The molecule has 2 nitrogen and oxygen atoms in total. The Morgan fingerprint density at radius 3 is 2.91 bits per heavy atom. The lowest BCUT2D eigenvalue weighted by molar-refractivity contribution is -0.183. The molecular formula is C9H14O2. The minimum Gasteiger partial charge on any atom is -0.355 e. The summed E-state index contributed by atoms with van der Waals surface area (Å²) in [5.74, 6) is 2.57. The smallest absolute Gasteiger partial charge is 0.147 e. The van der Waals surface area contributed by atoms with E-state index >= 15 is 0 Å². The summed E-state index contributed by atoms with van der Waals surface area (Å²) in [6, 6.07) is 0. The van der Waals surface area contributed by atoms with Crippen molar-refractivity contribution in [2.24, 2.45) is 17.8 Å². The molecular weight excluding hydrogens is 140 g/mol. The molecule has 2 bridgehead atoms. The van der Waals surface area contributed by atoms with E-state index in [9.17, 15) is 0 Å². The predicted molar refractivity (Wildman–Crippen MR) is 40.0 cm³/mol. The van der Waals surface area contributed by atoms with Crippen LogP contribution in [-0.2, 0) is 9.47 Å². The summed E-state index contributed by atoms with van der Waals surface area (Å²) < 4.78 is 10.9. The second kappa shape index (κ2) is 2.20. The first-order chi connectivity index (χ1) is 5.45. The van der Waals surface area contributed by atoms with Crippen LogP contribution in [0.25, 0.3) is 0 Å². The molecule has 1 aliphatic heterocycles. The molecule has 0 spiro atoms. The maximum absolute atomic E-state index is 5.61. The summed E-state index contributed by atoms with van der Waals surface area (Å²) in [5.41, 5.74) is 0. The van der Waals surface area contributed by atoms with Gasteiger partial charge in [0.1, 0.15) is 6.79 Å². The van der Waals surface area contributed by atoms with Crippen LogP contribution < -0.4 is 0 Å². The van der Waals surface area contributed by atoms with Crippen molar-refractivity contribution in [1.29, 1.82) is 0 Å². The lowest BCUT2D eigenvalue weighted by Gasteiger charge is -2.34. The molecule has 11 heavy (non-hydrogen) atoms. The molecule has 1 heterocycles. The van der Waals surface area contributed by atoms with E-state index in [-0.39, 0.29) is 0 Å². The molecule has 0 radical (unpaired) electrons. The van der Waals surface area contributed by atoms with Gasteiger partial charge in [-0.25, -0.2) is 0 Å². The van der Waals surface area contributed by atoms with Crippen LogP contribution in [0.4, 0.5) is 0 Å². The van der Waals surface area contributed by atoms with Gasteiger partial charge in [-0.05, 0) is 31.1 Å². The minimum absolute atomic E-state index is 0.546. The third-order valence-corrected chi connectivity index (χ3v) is 3.66. The molecule has 0 N–H and O–H groups in total. The second-order valence-corrected chi connectivity index (χ2v) is 4.12. The third-order valence-electron chi connectivity index (χ3n) is 3.66. The summed E-state index contributed by atoms with van der Waals surface area (Å²) in [5, 5.41) is 0. The predicted octanol–water partition coefficient (Wildman–Crippen LogP) is 1.41. The molecule has 4 atom stereocenters. The fraction of sp³-hybridized carbons (Fsp3) is 1.00. The van der Waals surface area contributed by atoms with E-state index in [2.05, 4.69) is 0 Å². The SMILES string of the molecule is C1OC[C@@H]2[C@@H]3CC[C@@H](C3)[C@@H]2O1. The van der Waals surface area contributed by atoms with Gasteiger partial charge in [-0.1, -0.05) is 0 Å². The van der Waals surface area contributed by atoms with Gasteiger partial charge < -0.3 is 9.47 Å². The number of ether oxygens (including phenoxy) is 2. The van der Waals surface area contributed by atoms with Crippen molar-refractivity contribution in [3.63, 3.8) is 0 Å². The van der Waals surface area contributed by atoms with Gasteiger partial charge in [0.25, 0.3) is 0 Å². The summed E-state index contributed by atoms with van der Waals surface area (Å²) in [6.45, 7) is 1.51. The van der Waals surface area contributed by atoms with Crippen LogP contribution >= 0.6 is 0 Å². The Labute approximate surface area is 66.9 Å². The molecule has 2 saturated carbocycles. The lowest BCUT2D eigenvalue weighted by atomic mass is 9.86.